The van der Waals surface area contributed by atoms with Gasteiger partial charge in [-0.15, -0.1) is 0 Å². The van der Waals surface area contributed by atoms with Gasteiger partial charge in [0.05, 0.1) is 19.2 Å². The summed E-state index contributed by atoms with van der Waals surface area (Å²) >= 11 is 0. The van der Waals surface area contributed by atoms with Gasteiger partial charge in [-0.25, -0.2) is 4.39 Å². The summed E-state index contributed by atoms with van der Waals surface area (Å²) in [6, 6.07) is 1.27. The van der Waals surface area contributed by atoms with Crippen molar-refractivity contribution in [2.45, 2.75) is 12.8 Å². The molecular formula is C9H10FNO2. The fourth-order valence-corrected chi connectivity index (χ4v) is 0.978. The Hall–Kier alpha value is -1.45. The Kier molecular flexibility index (Phi) is 2.95. The maximum atomic E-state index is 12.7. The van der Waals surface area contributed by atoms with Crippen LogP contribution in [-0.4, -0.2) is 18.1 Å². The van der Waals surface area contributed by atoms with Crippen LogP contribution in [0.25, 0.3) is 0 Å². The van der Waals surface area contributed by atoms with Gasteiger partial charge in [-0.3, -0.25) is 9.78 Å². The van der Waals surface area contributed by atoms with E-state index in [1.807, 2.05) is 0 Å². The summed E-state index contributed by atoms with van der Waals surface area (Å²) in [5, 5.41) is 0. The zero-order valence-corrected chi connectivity index (χ0v) is 7.45. The standard InChI is InChI=1S/C9H10FNO2/c1-6(9(12)13-2)7-3-8(10)5-11-4-7/h3-6H,1-2H3/t6-/m1/s1. The molecule has 0 aliphatic heterocycles. The Morgan fingerprint density at radius 3 is 2.85 bits per heavy atom. The van der Waals surface area contributed by atoms with E-state index in [2.05, 4.69) is 9.72 Å². The molecule has 13 heavy (non-hydrogen) atoms. The van der Waals surface area contributed by atoms with Crippen LogP contribution in [0.4, 0.5) is 4.39 Å². The number of carbonyl (C=O) groups is 1. The van der Waals surface area contributed by atoms with E-state index < -0.39 is 17.7 Å². The van der Waals surface area contributed by atoms with Gasteiger partial charge in [0.25, 0.3) is 0 Å². The third-order valence-electron chi connectivity index (χ3n) is 1.78. The highest BCUT2D eigenvalue weighted by Crippen LogP contribution is 2.15. The number of aromatic nitrogens is 1. The summed E-state index contributed by atoms with van der Waals surface area (Å²) in [5.41, 5.74) is 0.520. The molecule has 0 amide bonds. The lowest BCUT2D eigenvalue weighted by molar-refractivity contribution is -0.142. The second-order valence-electron chi connectivity index (χ2n) is 2.68. The fourth-order valence-electron chi connectivity index (χ4n) is 0.978. The molecule has 0 bridgehead atoms. The maximum Gasteiger partial charge on any atom is 0.312 e. The molecule has 0 aliphatic carbocycles. The van der Waals surface area contributed by atoms with Crippen LogP contribution in [0.15, 0.2) is 18.5 Å². The van der Waals surface area contributed by atoms with Crippen molar-refractivity contribution in [3.8, 4) is 0 Å². The highest BCUT2D eigenvalue weighted by Gasteiger charge is 2.15. The van der Waals surface area contributed by atoms with Gasteiger partial charge < -0.3 is 4.74 Å². The smallest absolute Gasteiger partial charge is 0.312 e. The molecule has 0 unspecified atom stereocenters. The molecule has 0 saturated heterocycles. The average molecular weight is 183 g/mol. The first-order chi connectivity index (χ1) is 6.15. The largest absolute Gasteiger partial charge is 0.469 e. The van der Waals surface area contributed by atoms with Crippen LogP contribution in [0.5, 0.6) is 0 Å². The predicted molar refractivity (Wildman–Crippen MR) is 44.6 cm³/mol. The average Bonchev–Trinajstić information content (AvgIpc) is 2.15. The quantitative estimate of drug-likeness (QED) is 0.652. The van der Waals surface area contributed by atoms with Gasteiger partial charge in [-0.05, 0) is 18.6 Å². The van der Waals surface area contributed by atoms with Crippen molar-refractivity contribution in [1.29, 1.82) is 0 Å². The Bertz CT molecular complexity index is 314. The molecule has 0 spiro atoms. The summed E-state index contributed by atoms with van der Waals surface area (Å²) in [6.45, 7) is 1.64. The second-order valence-corrected chi connectivity index (χ2v) is 2.68. The van der Waals surface area contributed by atoms with E-state index in [-0.39, 0.29) is 0 Å². The van der Waals surface area contributed by atoms with Crippen molar-refractivity contribution in [3.05, 3.63) is 29.8 Å². The zero-order valence-electron chi connectivity index (χ0n) is 7.45. The van der Waals surface area contributed by atoms with Gasteiger partial charge in [0.1, 0.15) is 5.82 Å². The molecular weight excluding hydrogens is 173 g/mol. The Balaban J connectivity index is 2.88. The summed E-state index contributed by atoms with van der Waals surface area (Å²) in [5.74, 6) is -1.33. The molecule has 0 N–H and O–H groups in total. The van der Waals surface area contributed by atoms with Crippen LogP contribution in [0.3, 0.4) is 0 Å². The maximum absolute atomic E-state index is 12.7. The molecule has 0 radical (unpaired) electrons. The van der Waals surface area contributed by atoms with Crippen LogP contribution in [0.2, 0.25) is 0 Å². The fraction of sp³-hybridized carbons (Fsp3) is 0.333. The SMILES string of the molecule is COC(=O)[C@H](C)c1cncc(F)c1. The van der Waals surface area contributed by atoms with Gasteiger partial charge in [0.2, 0.25) is 0 Å². The number of ether oxygens (including phenoxy) is 1. The number of pyridine rings is 1. The lowest BCUT2D eigenvalue weighted by Crippen LogP contribution is -2.11. The second kappa shape index (κ2) is 3.98. The van der Waals surface area contributed by atoms with Crippen LogP contribution in [-0.2, 0) is 9.53 Å². The number of hydrogen-bond donors (Lipinski definition) is 0. The van der Waals surface area contributed by atoms with E-state index in [1.165, 1.54) is 19.4 Å². The Morgan fingerprint density at radius 1 is 1.62 bits per heavy atom. The predicted octanol–water partition coefficient (Wildman–Crippen LogP) is 1.50. The minimum absolute atomic E-state index is 0.396. The molecule has 0 aromatic carbocycles. The third kappa shape index (κ3) is 2.24. The molecule has 70 valence electrons. The van der Waals surface area contributed by atoms with Crippen LogP contribution in [0, 0.1) is 5.82 Å². The van der Waals surface area contributed by atoms with Gasteiger partial charge >= 0.3 is 5.97 Å². The first-order valence-corrected chi connectivity index (χ1v) is 3.83. The molecule has 4 heteroatoms. The number of methoxy groups -OCH3 is 1. The topological polar surface area (TPSA) is 39.2 Å². The first-order valence-electron chi connectivity index (χ1n) is 3.83. The molecule has 0 saturated carbocycles. The van der Waals surface area contributed by atoms with Gasteiger partial charge in [0, 0.05) is 6.20 Å². The van der Waals surface area contributed by atoms with Crippen molar-refractivity contribution >= 4 is 5.97 Å². The van der Waals surface area contributed by atoms with Crippen LogP contribution in [0.1, 0.15) is 18.4 Å². The number of carbonyl (C=O) groups excluding carboxylic acids is 1. The van der Waals surface area contributed by atoms with E-state index >= 15 is 0 Å². The van der Waals surface area contributed by atoms with E-state index in [4.69, 9.17) is 0 Å². The van der Waals surface area contributed by atoms with Crippen molar-refractivity contribution in [1.82, 2.24) is 4.98 Å². The number of hydrogen-bond acceptors (Lipinski definition) is 3. The monoisotopic (exact) mass is 183 g/mol. The van der Waals surface area contributed by atoms with Crippen molar-refractivity contribution < 1.29 is 13.9 Å². The minimum atomic E-state index is -0.479. The summed E-state index contributed by atoms with van der Waals surface area (Å²) in [4.78, 5) is 14.7. The molecule has 0 fully saturated rings. The van der Waals surface area contributed by atoms with E-state index in [1.54, 1.807) is 6.92 Å². The molecule has 3 nitrogen and oxygen atoms in total. The van der Waals surface area contributed by atoms with Crippen molar-refractivity contribution in [2.24, 2.45) is 0 Å². The molecule has 1 aromatic rings. The molecule has 0 aliphatic rings. The summed E-state index contributed by atoms with van der Waals surface area (Å²) in [6.07, 6.45) is 2.54. The highest BCUT2D eigenvalue weighted by atomic mass is 19.1. The molecule has 1 heterocycles. The van der Waals surface area contributed by atoms with Gasteiger partial charge in [0.15, 0.2) is 0 Å². The minimum Gasteiger partial charge on any atom is -0.469 e. The van der Waals surface area contributed by atoms with E-state index in [9.17, 15) is 9.18 Å². The van der Waals surface area contributed by atoms with Crippen LogP contribution < -0.4 is 0 Å². The highest BCUT2D eigenvalue weighted by molar-refractivity contribution is 5.77. The zero-order chi connectivity index (χ0) is 9.84. The number of esters is 1. The normalized spacial score (nSPS) is 12.2. The molecule has 1 rings (SSSR count). The number of rotatable bonds is 2. The number of halogens is 1. The molecule has 1 aromatic heterocycles. The van der Waals surface area contributed by atoms with E-state index in [0.717, 1.165) is 6.20 Å². The summed E-state index contributed by atoms with van der Waals surface area (Å²) in [7, 11) is 1.30. The van der Waals surface area contributed by atoms with E-state index in [0.29, 0.717) is 5.56 Å². The van der Waals surface area contributed by atoms with Gasteiger partial charge in [-0.1, -0.05) is 0 Å². The number of nitrogens with zero attached hydrogens (tertiary/aromatic N) is 1. The van der Waals surface area contributed by atoms with Crippen molar-refractivity contribution in [2.75, 3.05) is 7.11 Å². The lowest BCUT2D eigenvalue weighted by atomic mass is 10.0. The summed E-state index contributed by atoms with van der Waals surface area (Å²) < 4.78 is 17.2. The molecule has 1 atom stereocenters. The Labute approximate surface area is 75.6 Å². The lowest BCUT2D eigenvalue weighted by Gasteiger charge is -2.07. The third-order valence-corrected chi connectivity index (χ3v) is 1.78. The first kappa shape index (κ1) is 9.64. The Morgan fingerprint density at radius 2 is 2.31 bits per heavy atom. The van der Waals surface area contributed by atoms with Crippen LogP contribution >= 0.6 is 0 Å². The van der Waals surface area contributed by atoms with Crippen molar-refractivity contribution in [3.63, 3.8) is 0 Å². The van der Waals surface area contributed by atoms with Gasteiger partial charge in [-0.2, -0.15) is 0 Å².